The van der Waals surface area contributed by atoms with Gasteiger partial charge in [-0.05, 0) is 20.3 Å². The number of likely N-dealkylation sites (N-methyl/N-ethyl adjacent to an activating group) is 1. The van der Waals surface area contributed by atoms with Crippen LogP contribution in [0.4, 0.5) is 0 Å². The number of methoxy groups -OCH3 is 1. The van der Waals surface area contributed by atoms with Gasteiger partial charge in [-0.2, -0.15) is 0 Å². The summed E-state index contributed by atoms with van der Waals surface area (Å²) in [7, 11) is 2.97. The van der Waals surface area contributed by atoms with Crippen molar-refractivity contribution in [2.45, 2.75) is 26.6 Å². The monoisotopic (exact) mass is 281 g/mol. The molecule has 0 rings (SSSR count). The number of hydrogen-bond acceptors (Lipinski definition) is 5. The summed E-state index contributed by atoms with van der Waals surface area (Å²) in [5, 5.41) is 0. The van der Waals surface area contributed by atoms with Gasteiger partial charge in [-0.3, -0.25) is 14.5 Å². The maximum absolute atomic E-state index is 11.6. The Bertz CT molecular complexity index is 355. The minimum absolute atomic E-state index is 0.0545. The van der Waals surface area contributed by atoms with Gasteiger partial charge in [0.2, 0.25) is 0 Å². The summed E-state index contributed by atoms with van der Waals surface area (Å²) < 4.78 is 9.71. The standard InChI is InChI=1S/C14H24BNO4/c1-5-6-7-8-9-10-15(2)20-14(18)12-16(3)11-13(17)19-4/h7-10H,5-6,11-12H2,1-4H3/b8-7+,10-9-. The van der Waals surface area contributed by atoms with E-state index in [0.717, 1.165) is 12.8 Å². The fraction of sp³-hybridized carbons (Fsp3) is 0.571. The van der Waals surface area contributed by atoms with Crippen LogP contribution in [0.15, 0.2) is 24.2 Å². The van der Waals surface area contributed by atoms with E-state index in [4.69, 9.17) is 4.65 Å². The molecule has 0 bridgehead atoms. The molecule has 0 aromatic carbocycles. The van der Waals surface area contributed by atoms with Gasteiger partial charge >= 0.3 is 18.9 Å². The summed E-state index contributed by atoms with van der Waals surface area (Å²) in [5.74, 6) is 1.06. The average molecular weight is 281 g/mol. The number of nitrogens with zero attached hydrogens (tertiary/aromatic N) is 1. The SMILES string of the molecule is CCC/C=C/C=C\B(C)OC(=O)CN(C)CC(=O)OC. The average Bonchev–Trinajstić information content (AvgIpc) is 2.37. The highest BCUT2D eigenvalue weighted by atomic mass is 16.5. The number of rotatable bonds is 9. The van der Waals surface area contributed by atoms with Crippen molar-refractivity contribution >= 4 is 18.9 Å². The zero-order chi connectivity index (χ0) is 15.4. The first-order chi connectivity index (χ1) is 9.49. The highest BCUT2D eigenvalue weighted by Crippen LogP contribution is 1.94. The molecule has 0 unspecified atom stereocenters. The van der Waals surface area contributed by atoms with E-state index in [0.29, 0.717) is 0 Å². The Morgan fingerprint density at radius 3 is 2.45 bits per heavy atom. The minimum Gasteiger partial charge on any atom is -0.531 e. The Balaban J connectivity index is 3.98. The fourth-order valence-corrected chi connectivity index (χ4v) is 1.41. The lowest BCUT2D eigenvalue weighted by molar-refractivity contribution is -0.142. The molecule has 0 saturated carbocycles. The summed E-state index contributed by atoms with van der Waals surface area (Å²) in [6.07, 6.45) is 8.02. The van der Waals surface area contributed by atoms with Crippen molar-refractivity contribution in [2.75, 3.05) is 27.2 Å². The summed E-state index contributed by atoms with van der Waals surface area (Å²) in [6.45, 7) is 3.74. The molecule has 6 heteroatoms. The number of unbranched alkanes of at least 4 members (excludes halogenated alkanes) is 1. The van der Waals surface area contributed by atoms with E-state index in [9.17, 15) is 9.59 Å². The smallest absolute Gasteiger partial charge is 0.384 e. The van der Waals surface area contributed by atoms with Crippen LogP contribution in [0.3, 0.4) is 0 Å². The summed E-state index contributed by atoms with van der Waals surface area (Å²) in [6, 6.07) is 0. The van der Waals surface area contributed by atoms with Crippen LogP contribution in [-0.2, 0) is 19.0 Å². The van der Waals surface area contributed by atoms with E-state index in [1.165, 1.54) is 7.11 Å². The third-order valence-corrected chi connectivity index (χ3v) is 2.43. The van der Waals surface area contributed by atoms with Gasteiger partial charge in [0.25, 0.3) is 0 Å². The molecule has 0 N–H and O–H groups in total. The van der Waals surface area contributed by atoms with Crippen molar-refractivity contribution in [3.8, 4) is 0 Å². The molecule has 0 amide bonds. The molecule has 0 fully saturated rings. The number of ether oxygens (including phenoxy) is 1. The van der Waals surface area contributed by atoms with Gasteiger partial charge in [0.1, 0.15) is 0 Å². The molecule has 0 aromatic rings. The second-order valence-electron chi connectivity index (χ2n) is 4.55. The van der Waals surface area contributed by atoms with Crippen LogP contribution in [0.5, 0.6) is 0 Å². The number of carbonyl (C=O) groups is 2. The molecule has 0 spiro atoms. The van der Waals surface area contributed by atoms with E-state index >= 15 is 0 Å². The predicted molar refractivity (Wildman–Crippen MR) is 80.4 cm³/mol. The van der Waals surface area contributed by atoms with E-state index in [2.05, 4.69) is 17.7 Å². The fourth-order valence-electron chi connectivity index (χ4n) is 1.41. The van der Waals surface area contributed by atoms with Crippen molar-refractivity contribution < 1.29 is 19.0 Å². The summed E-state index contributed by atoms with van der Waals surface area (Å²) in [5.41, 5.74) is 0. The molecule has 0 aliphatic carbocycles. The third kappa shape index (κ3) is 10.4. The van der Waals surface area contributed by atoms with Gasteiger partial charge in [0.05, 0.1) is 20.2 Å². The molecule has 5 nitrogen and oxygen atoms in total. The largest absolute Gasteiger partial charge is 0.531 e. The molecule has 0 aromatic heterocycles. The molecule has 20 heavy (non-hydrogen) atoms. The molecular formula is C14H24BNO4. The first-order valence-corrected chi connectivity index (χ1v) is 6.77. The zero-order valence-corrected chi connectivity index (χ0v) is 12.8. The van der Waals surface area contributed by atoms with Crippen LogP contribution in [0.2, 0.25) is 6.82 Å². The van der Waals surface area contributed by atoms with Crippen molar-refractivity contribution in [3.63, 3.8) is 0 Å². The van der Waals surface area contributed by atoms with Crippen LogP contribution in [-0.4, -0.2) is 51.0 Å². The van der Waals surface area contributed by atoms with Crippen LogP contribution in [0, 0.1) is 0 Å². The van der Waals surface area contributed by atoms with E-state index in [1.54, 1.807) is 18.8 Å². The quantitative estimate of drug-likeness (QED) is 0.366. The Hall–Kier alpha value is -1.56. The lowest BCUT2D eigenvalue weighted by Crippen LogP contribution is -2.34. The highest BCUT2D eigenvalue weighted by molar-refractivity contribution is 6.58. The Morgan fingerprint density at radius 1 is 1.20 bits per heavy atom. The number of hydrogen-bond donors (Lipinski definition) is 0. The maximum atomic E-state index is 11.6. The van der Waals surface area contributed by atoms with Crippen LogP contribution < -0.4 is 0 Å². The topological polar surface area (TPSA) is 55.8 Å². The van der Waals surface area contributed by atoms with Crippen molar-refractivity contribution in [1.29, 1.82) is 0 Å². The normalized spacial score (nSPS) is 11.2. The molecule has 0 saturated heterocycles. The van der Waals surface area contributed by atoms with Gasteiger partial charge in [-0.15, -0.1) is 0 Å². The lowest BCUT2D eigenvalue weighted by atomic mass is 9.71. The first kappa shape index (κ1) is 18.4. The van der Waals surface area contributed by atoms with Crippen LogP contribution >= 0.6 is 0 Å². The van der Waals surface area contributed by atoms with E-state index in [-0.39, 0.29) is 31.9 Å². The molecule has 0 aliphatic rings. The number of allylic oxidation sites excluding steroid dienone is 3. The molecule has 0 atom stereocenters. The highest BCUT2D eigenvalue weighted by Gasteiger charge is 2.14. The molecule has 0 radical (unpaired) electrons. The van der Waals surface area contributed by atoms with Crippen molar-refractivity contribution in [2.24, 2.45) is 0 Å². The second-order valence-corrected chi connectivity index (χ2v) is 4.55. The Labute approximate surface area is 121 Å². The molecule has 0 aliphatic heterocycles. The molecular weight excluding hydrogens is 257 g/mol. The van der Waals surface area contributed by atoms with Crippen LogP contribution in [0.25, 0.3) is 0 Å². The van der Waals surface area contributed by atoms with Gasteiger partial charge in [-0.25, -0.2) is 0 Å². The predicted octanol–water partition coefficient (Wildman–Crippen LogP) is 1.71. The third-order valence-electron chi connectivity index (χ3n) is 2.43. The Morgan fingerprint density at radius 2 is 1.85 bits per heavy atom. The van der Waals surface area contributed by atoms with Gasteiger partial charge in [0.15, 0.2) is 0 Å². The van der Waals surface area contributed by atoms with Gasteiger partial charge < -0.3 is 9.39 Å². The lowest BCUT2D eigenvalue weighted by Gasteiger charge is -2.15. The first-order valence-electron chi connectivity index (χ1n) is 6.77. The van der Waals surface area contributed by atoms with E-state index < -0.39 is 0 Å². The molecule has 0 heterocycles. The van der Waals surface area contributed by atoms with Crippen LogP contribution in [0.1, 0.15) is 19.8 Å². The van der Waals surface area contributed by atoms with E-state index in [1.807, 2.05) is 18.1 Å². The Kier molecular flexibility index (Phi) is 10.4. The summed E-state index contributed by atoms with van der Waals surface area (Å²) >= 11 is 0. The zero-order valence-electron chi connectivity index (χ0n) is 12.8. The number of esters is 1. The number of carbonyl (C=O) groups excluding carboxylic acids is 2. The molecule has 112 valence electrons. The maximum Gasteiger partial charge on any atom is 0.384 e. The van der Waals surface area contributed by atoms with Gasteiger partial charge in [-0.1, -0.05) is 37.5 Å². The summed E-state index contributed by atoms with van der Waals surface area (Å²) in [4.78, 5) is 24.2. The van der Waals surface area contributed by atoms with Crippen molar-refractivity contribution in [1.82, 2.24) is 4.90 Å². The van der Waals surface area contributed by atoms with Crippen molar-refractivity contribution in [3.05, 3.63) is 24.2 Å². The van der Waals surface area contributed by atoms with Gasteiger partial charge in [0, 0.05) is 0 Å². The second kappa shape index (κ2) is 11.3. The minimum atomic E-state index is -0.380.